The Kier molecular flexibility index (Phi) is 4.79. The molecule has 0 aliphatic carbocycles. The third-order valence-corrected chi connectivity index (χ3v) is 3.43. The second-order valence-corrected chi connectivity index (χ2v) is 5.11. The van der Waals surface area contributed by atoms with E-state index in [1.165, 1.54) is 4.88 Å². The largest absolute Gasteiger partial charge is 0.468 e. The van der Waals surface area contributed by atoms with E-state index in [-0.39, 0.29) is 0 Å². The van der Waals surface area contributed by atoms with Gasteiger partial charge in [0.05, 0.1) is 12.8 Å². The molecule has 0 atom stereocenters. The molecule has 1 N–H and O–H groups in total. The zero-order chi connectivity index (χ0) is 11.9. The molecule has 0 aliphatic rings. The number of nitrogens with zero attached hydrogens (tertiary/aromatic N) is 1. The average molecular weight is 250 g/mol. The molecule has 0 radical (unpaired) electrons. The third-order valence-electron chi connectivity index (χ3n) is 2.56. The van der Waals surface area contributed by atoms with E-state index in [9.17, 15) is 0 Å². The average Bonchev–Trinajstić information content (AvgIpc) is 2.96. The van der Waals surface area contributed by atoms with Gasteiger partial charge < -0.3 is 9.73 Å². The van der Waals surface area contributed by atoms with E-state index < -0.39 is 0 Å². The second kappa shape index (κ2) is 6.59. The van der Waals surface area contributed by atoms with Gasteiger partial charge in [0.25, 0.3) is 0 Å². The van der Waals surface area contributed by atoms with Gasteiger partial charge >= 0.3 is 0 Å². The van der Waals surface area contributed by atoms with Crippen LogP contribution in [-0.2, 0) is 13.1 Å². The van der Waals surface area contributed by atoms with Gasteiger partial charge in [0.2, 0.25) is 0 Å². The molecule has 0 saturated carbocycles. The molecule has 3 nitrogen and oxygen atoms in total. The first-order valence-electron chi connectivity index (χ1n) is 5.78. The molecular weight excluding hydrogens is 232 g/mol. The first-order chi connectivity index (χ1) is 8.34. The SMILES string of the molecule is CN(CCNCc1cccs1)Cc1ccco1. The van der Waals surface area contributed by atoms with E-state index in [4.69, 9.17) is 4.42 Å². The van der Waals surface area contributed by atoms with Crippen molar-refractivity contribution >= 4 is 11.3 Å². The van der Waals surface area contributed by atoms with Gasteiger partial charge in [-0.2, -0.15) is 0 Å². The molecule has 4 heteroatoms. The number of rotatable bonds is 7. The summed E-state index contributed by atoms with van der Waals surface area (Å²) in [6, 6.07) is 8.18. The van der Waals surface area contributed by atoms with E-state index in [1.54, 1.807) is 17.6 Å². The van der Waals surface area contributed by atoms with Crippen LogP contribution in [0.3, 0.4) is 0 Å². The molecule has 2 rings (SSSR count). The maximum Gasteiger partial charge on any atom is 0.117 e. The van der Waals surface area contributed by atoms with Crippen LogP contribution in [-0.4, -0.2) is 25.0 Å². The van der Waals surface area contributed by atoms with Gasteiger partial charge in [-0.3, -0.25) is 4.90 Å². The van der Waals surface area contributed by atoms with Crippen LogP contribution in [0.1, 0.15) is 10.6 Å². The van der Waals surface area contributed by atoms with Gasteiger partial charge in [-0.15, -0.1) is 11.3 Å². The minimum Gasteiger partial charge on any atom is -0.468 e. The van der Waals surface area contributed by atoms with Crippen LogP contribution >= 0.6 is 11.3 Å². The van der Waals surface area contributed by atoms with Crippen LogP contribution in [0.4, 0.5) is 0 Å². The summed E-state index contributed by atoms with van der Waals surface area (Å²) in [5, 5.41) is 5.55. The molecule has 0 aromatic carbocycles. The molecule has 2 aromatic heterocycles. The van der Waals surface area contributed by atoms with Crippen LogP contribution in [0.5, 0.6) is 0 Å². The molecule has 17 heavy (non-hydrogen) atoms. The van der Waals surface area contributed by atoms with Crippen LogP contribution in [0.2, 0.25) is 0 Å². The number of hydrogen-bond donors (Lipinski definition) is 1. The van der Waals surface area contributed by atoms with E-state index in [0.29, 0.717) is 0 Å². The standard InChI is InChI=1S/C13H18N2OS/c1-15(11-12-4-2-8-16-12)7-6-14-10-13-5-3-9-17-13/h2-5,8-9,14H,6-7,10-11H2,1H3. The van der Waals surface area contributed by atoms with Gasteiger partial charge in [-0.1, -0.05) is 6.07 Å². The fourth-order valence-electron chi connectivity index (χ4n) is 1.64. The highest BCUT2D eigenvalue weighted by molar-refractivity contribution is 7.09. The van der Waals surface area contributed by atoms with Gasteiger partial charge in [0.1, 0.15) is 5.76 Å². The van der Waals surface area contributed by atoms with Gasteiger partial charge in [0, 0.05) is 24.5 Å². The van der Waals surface area contributed by atoms with Crippen LogP contribution < -0.4 is 5.32 Å². The molecule has 0 unspecified atom stereocenters. The van der Waals surface area contributed by atoms with E-state index in [0.717, 1.165) is 31.9 Å². The van der Waals surface area contributed by atoms with Crippen molar-refractivity contribution in [3.05, 3.63) is 46.5 Å². The van der Waals surface area contributed by atoms with Crippen LogP contribution in [0.15, 0.2) is 40.3 Å². The lowest BCUT2D eigenvalue weighted by Gasteiger charge is -2.15. The highest BCUT2D eigenvalue weighted by atomic mass is 32.1. The predicted octanol–water partition coefficient (Wildman–Crippen LogP) is 2.56. The van der Waals surface area contributed by atoms with E-state index in [2.05, 4.69) is 34.8 Å². The Morgan fingerprint density at radius 1 is 1.35 bits per heavy atom. The molecule has 2 aromatic rings. The molecule has 0 amide bonds. The molecule has 0 aliphatic heterocycles. The minimum atomic E-state index is 0.869. The Bertz CT molecular complexity index is 397. The molecule has 92 valence electrons. The summed E-state index contributed by atoms with van der Waals surface area (Å²) in [5.41, 5.74) is 0. The second-order valence-electron chi connectivity index (χ2n) is 4.07. The molecule has 0 fully saturated rings. The Morgan fingerprint density at radius 3 is 3.00 bits per heavy atom. The maximum atomic E-state index is 5.31. The summed E-state index contributed by atoms with van der Waals surface area (Å²) in [5.74, 6) is 1.02. The zero-order valence-electron chi connectivity index (χ0n) is 10.1. The minimum absolute atomic E-state index is 0.869. The van der Waals surface area contributed by atoms with Crippen molar-refractivity contribution in [1.82, 2.24) is 10.2 Å². The number of furan rings is 1. The van der Waals surface area contributed by atoms with E-state index in [1.807, 2.05) is 12.1 Å². The van der Waals surface area contributed by atoms with Gasteiger partial charge in [0.15, 0.2) is 0 Å². The quantitative estimate of drug-likeness (QED) is 0.766. The summed E-state index contributed by atoms with van der Waals surface area (Å²) >= 11 is 1.79. The normalized spacial score (nSPS) is 11.2. The van der Waals surface area contributed by atoms with Crippen molar-refractivity contribution in [2.75, 3.05) is 20.1 Å². The summed E-state index contributed by atoms with van der Waals surface area (Å²) in [6.07, 6.45) is 1.72. The fourth-order valence-corrected chi connectivity index (χ4v) is 2.32. The molecular formula is C13H18N2OS. The zero-order valence-corrected chi connectivity index (χ0v) is 10.9. The smallest absolute Gasteiger partial charge is 0.117 e. The highest BCUT2D eigenvalue weighted by Crippen LogP contribution is 2.07. The summed E-state index contributed by atoms with van der Waals surface area (Å²) in [6.45, 7) is 3.85. The first-order valence-corrected chi connectivity index (χ1v) is 6.66. The molecule has 0 saturated heterocycles. The molecule has 0 spiro atoms. The van der Waals surface area contributed by atoms with Crippen molar-refractivity contribution in [3.8, 4) is 0 Å². The first kappa shape index (κ1) is 12.4. The predicted molar refractivity (Wildman–Crippen MR) is 71.1 cm³/mol. The van der Waals surface area contributed by atoms with Crippen molar-refractivity contribution in [3.63, 3.8) is 0 Å². The molecule has 0 bridgehead atoms. The van der Waals surface area contributed by atoms with Crippen molar-refractivity contribution in [1.29, 1.82) is 0 Å². The topological polar surface area (TPSA) is 28.4 Å². The Morgan fingerprint density at radius 2 is 2.29 bits per heavy atom. The highest BCUT2D eigenvalue weighted by Gasteiger charge is 2.01. The lowest BCUT2D eigenvalue weighted by molar-refractivity contribution is 0.294. The lowest BCUT2D eigenvalue weighted by Crippen LogP contribution is -2.28. The summed E-state index contributed by atoms with van der Waals surface area (Å²) in [4.78, 5) is 3.64. The number of thiophene rings is 1. The fraction of sp³-hybridized carbons (Fsp3) is 0.385. The van der Waals surface area contributed by atoms with Gasteiger partial charge in [-0.25, -0.2) is 0 Å². The summed E-state index contributed by atoms with van der Waals surface area (Å²) in [7, 11) is 2.11. The monoisotopic (exact) mass is 250 g/mol. The van der Waals surface area contributed by atoms with Crippen molar-refractivity contribution in [2.24, 2.45) is 0 Å². The van der Waals surface area contributed by atoms with Crippen LogP contribution in [0.25, 0.3) is 0 Å². The van der Waals surface area contributed by atoms with Crippen LogP contribution in [0, 0.1) is 0 Å². The Labute approximate surface area is 106 Å². The molecule has 2 heterocycles. The third kappa shape index (κ3) is 4.34. The number of hydrogen-bond acceptors (Lipinski definition) is 4. The van der Waals surface area contributed by atoms with Gasteiger partial charge in [-0.05, 0) is 30.6 Å². The number of likely N-dealkylation sites (N-methyl/N-ethyl adjacent to an activating group) is 1. The van der Waals surface area contributed by atoms with E-state index >= 15 is 0 Å². The lowest BCUT2D eigenvalue weighted by atomic mass is 10.4. The van der Waals surface area contributed by atoms with Crippen molar-refractivity contribution < 1.29 is 4.42 Å². The Balaban J connectivity index is 1.58. The number of nitrogens with one attached hydrogen (secondary N) is 1. The summed E-state index contributed by atoms with van der Waals surface area (Å²) < 4.78 is 5.31. The Hall–Kier alpha value is -1.10. The van der Waals surface area contributed by atoms with Crippen molar-refractivity contribution in [2.45, 2.75) is 13.1 Å². The maximum absolute atomic E-state index is 5.31.